The van der Waals surface area contributed by atoms with E-state index < -0.39 is 16.0 Å². The van der Waals surface area contributed by atoms with E-state index in [4.69, 9.17) is 11.6 Å². The smallest absolute Gasteiger partial charge is 0.349 e. The predicted octanol–water partition coefficient (Wildman–Crippen LogP) is 2.63. The summed E-state index contributed by atoms with van der Waals surface area (Å²) in [6.45, 7) is 0. The van der Waals surface area contributed by atoms with Crippen molar-refractivity contribution >= 4 is 38.9 Å². The Morgan fingerprint density at radius 3 is 2.48 bits per heavy atom. The molecular formula is C15H14ClNO4S2. The lowest BCUT2D eigenvalue weighted by atomic mass is 10.1. The zero-order valence-corrected chi connectivity index (χ0v) is 14.6. The molecule has 0 bridgehead atoms. The van der Waals surface area contributed by atoms with Crippen molar-refractivity contribution in [3.05, 3.63) is 50.7 Å². The molecule has 0 aliphatic heterocycles. The minimum absolute atomic E-state index is 0.0134. The van der Waals surface area contributed by atoms with Gasteiger partial charge in [-0.05, 0) is 30.0 Å². The van der Waals surface area contributed by atoms with Crippen LogP contribution < -0.4 is 4.72 Å². The van der Waals surface area contributed by atoms with Crippen LogP contribution in [0.4, 0.5) is 0 Å². The average molecular weight is 372 g/mol. The third-order valence-electron chi connectivity index (χ3n) is 3.70. The second kappa shape index (κ2) is 6.24. The van der Waals surface area contributed by atoms with Gasteiger partial charge in [0.15, 0.2) is 0 Å². The summed E-state index contributed by atoms with van der Waals surface area (Å²) in [5.41, 5.74) is 2.27. The summed E-state index contributed by atoms with van der Waals surface area (Å²) in [7, 11) is -2.65. The molecule has 0 radical (unpaired) electrons. The number of esters is 1. The number of sulfonamides is 1. The van der Waals surface area contributed by atoms with Gasteiger partial charge in [0.1, 0.15) is 9.77 Å². The lowest BCUT2D eigenvalue weighted by Crippen LogP contribution is -2.35. The van der Waals surface area contributed by atoms with Gasteiger partial charge >= 0.3 is 5.97 Å². The third kappa shape index (κ3) is 3.28. The van der Waals surface area contributed by atoms with E-state index in [2.05, 4.69) is 9.46 Å². The Balaban J connectivity index is 1.85. The maximum absolute atomic E-state index is 12.6. The van der Waals surface area contributed by atoms with Crippen LogP contribution in [0.25, 0.3) is 0 Å². The van der Waals surface area contributed by atoms with Gasteiger partial charge in [-0.15, -0.1) is 11.3 Å². The number of methoxy groups -OCH3 is 1. The number of halogens is 1. The Kier molecular flexibility index (Phi) is 4.46. The zero-order chi connectivity index (χ0) is 16.6. The highest BCUT2D eigenvalue weighted by atomic mass is 35.5. The third-order valence-corrected chi connectivity index (χ3v) is 6.62. The number of carbonyl (C=O) groups excluding carboxylic acids is 1. The van der Waals surface area contributed by atoms with Crippen molar-refractivity contribution < 1.29 is 17.9 Å². The summed E-state index contributed by atoms with van der Waals surface area (Å²) in [5.74, 6) is -0.711. The van der Waals surface area contributed by atoms with E-state index >= 15 is 0 Å². The number of thiophene rings is 1. The fraction of sp³-hybridized carbons (Fsp3) is 0.267. The molecule has 0 amide bonds. The van der Waals surface area contributed by atoms with Crippen molar-refractivity contribution in [2.45, 2.75) is 23.8 Å². The molecule has 0 saturated carbocycles. The van der Waals surface area contributed by atoms with E-state index in [-0.39, 0.29) is 20.2 Å². The van der Waals surface area contributed by atoms with Crippen molar-refractivity contribution in [2.24, 2.45) is 0 Å². The molecule has 1 aliphatic rings. The molecule has 122 valence electrons. The highest BCUT2D eigenvalue weighted by Crippen LogP contribution is 2.31. The van der Waals surface area contributed by atoms with Crippen LogP contribution >= 0.6 is 22.9 Å². The molecule has 2 aromatic rings. The van der Waals surface area contributed by atoms with Crippen LogP contribution in [0.3, 0.4) is 0 Å². The molecule has 1 heterocycles. The molecule has 0 unspecified atom stereocenters. The first-order valence-electron chi connectivity index (χ1n) is 6.87. The predicted molar refractivity (Wildman–Crippen MR) is 88.6 cm³/mol. The van der Waals surface area contributed by atoms with Gasteiger partial charge in [-0.2, -0.15) is 0 Å². The minimum atomic E-state index is -3.85. The monoisotopic (exact) mass is 371 g/mol. The molecule has 3 rings (SSSR count). The van der Waals surface area contributed by atoms with Crippen LogP contribution in [-0.4, -0.2) is 27.5 Å². The number of rotatable bonds is 4. The van der Waals surface area contributed by atoms with Crippen LogP contribution in [0, 0.1) is 0 Å². The van der Waals surface area contributed by atoms with Gasteiger partial charge in [-0.1, -0.05) is 35.9 Å². The minimum Gasteiger partial charge on any atom is -0.465 e. The van der Waals surface area contributed by atoms with Gasteiger partial charge in [0.25, 0.3) is 0 Å². The van der Waals surface area contributed by atoms with E-state index in [9.17, 15) is 13.2 Å². The summed E-state index contributed by atoms with van der Waals surface area (Å²) >= 11 is 6.77. The van der Waals surface area contributed by atoms with E-state index in [1.807, 2.05) is 24.3 Å². The van der Waals surface area contributed by atoms with Crippen LogP contribution in [0.1, 0.15) is 20.8 Å². The molecule has 5 nitrogen and oxygen atoms in total. The molecule has 0 saturated heterocycles. The first-order chi connectivity index (χ1) is 10.9. The maximum atomic E-state index is 12.6. The molecule has 23 heavy (non-hydrogen) atoms. The fourth-order valence-electron chi connectivity index (χ4n) is 2.71. The van der Waals surface area contributed by atoms with Crippen molar-refractivity contribution in [1.82, 2.24) is 4.72 Å². The Hall–Kier alpha value is -1.41. The quantitative estimate of drug-likeness (QED) is 0.838. The van der Waals surface area contributed by atoms with Crippen molar-refractivity contribution in [3.8, 4) is 0 Å². The summed E-state index contributed by atoms with van der Waals surface area (Å²) in [5, 5.41) is 0. The average Bonchev–Trinajstić information content (AvgIpc) is 3.08. The first-order valence-corrected chi connectivity index (χ1v) is 9.55. The normalized spacial score (nSPS) is 14.7. The molecule has 0 spiro atoms. The van der Waals surface area contributed by atoms with Crippen molar-refractivity contribution in [3.63, 3.8) is 0 Å². The lowest BCUT2D eigenvalue weighted by Gasteiger charge is -2.12. The van der Waals surface area contributed by atoms with Crippen LogP contribution in [0.15, 0.2) is 35.2 Å². The second-order valence-corrected chi connectivity index (χ2v) is 8.60. The van der Waals surface area contributed by atoms with Gasteiger partial charge in [0.05, 0.1) is 11.4 Å². The number of nitrogens with one attached hydrogen (secondary N) is 1. The molecular weight excluding hydrogens is 358 g/mol. The zero-order valence-electron chi connectivity index (χ0n) is 12.2. The highest BCUT2D eigenvalue weighted by molar-refractivity contribution is 7.89. The summed E-state index contributed by atoms with van der Waals surface area (Å²) < 4.78 is 32.8. The Morgan fingerprint density at radius 2 is 1.91 bits per heavy atom. The summed E-state index contributed by atoms with van der Waals surface area (Å²) in [4.78, 5) is 11.6. The topological polar surface area (TPSA) is 72.5 Å². The standard InChI is InChI=1S/C15H14ClNO4S2/c1-21-15(18)14-12(8-13(16)22-14)23(19,20)17-11-6-9-4-2-3-5-10(9)7-11/h2-5,8,11,17H,6-7H2,1H3. The van der Waals surface area contributed by atoms with Crippen molar-refractivity contribution in [2.75, 3.05) is 7.11 Å². The molecule has 1 aromatic carbocycles. The Bertz CT molecular complexity index is 835. The van der Waals surface area contributed by atoms with E-state index in [1.54, 1.807) is 0 Å². The Labute approximate surface area is 143 Å². The van der Waals surface area contributed by atoms with E-state index in [0.29, 0.717) is 12.8 Å². The summed E-state index contributed by atoms with van der Waals surface area (Å²) in [6, 6.07) is 8.90. The molecule has 1 N–H and O–H groups in total. The van der Waals surface area contributed by atoms with Gasteiger partial charge in [0, 0.05) is 6.04 Å². The molecule has 1 aromatic heterocycles. The maximum Gasteiger partial charge on any atom is 0.349 e. The highest BCUT2D eigenvalue weighted by Gasteiger charge is 2.31. The first kappa shape index (κ1) is 16.4. The van der Waals surface area contributed by atoms with Crippen molar-refractivity contribution in [1.29, 1.82) is 0 Å². The SMILES string of the molecule is COC(=O)c1sc(Cl)cc1S(=O)(=O)NC1Cc2ccccc2C1. The van der Waals surface area contributed by atoms with Gasteiger partial charge in [-0.25, -0.2) is 17.9 Å². The van der Waals surface area contributed by atoms with Crippen LogP contribution in [-0.2, 0) is 27.6 Å². The van der Waals surface area contributed by atoms with E-state index in [0.717, 1.165) is 22.5 Å². The molecule has 8 heteroatoms. The van der Waals surface area contributed by atoms with Gasteiger partial charge in [0.2, 0.25) is 10.0 Å². The number of benzene rings is 1. The Morgan fingerprint density at radius 1 is 1.30 bits per heavy atom. The number of hydrogen-bond donors (Lipinski definition) is 1. The van der Waals surface area contributed by atoms with E-state index in [1.165, 1.54) is 13.2 Å². The molecule has 0 atom stereocenters. The van der Waals surface area contributed by atoms with Gasteiger partial charge in [-0.3, -0.25) is 0 Å². The largest absolute Gasteiger partial charge is 0.465 e. The molecule has 1 aliphatic carbocycles. The lowest BCUT2D eigenvalue weighted by molar-refractivity contribution is 0.0602. The second-order valence-electron chi connectivity index (χ2n) is 5.23. The van der Waals surface area contributed by atoms with Gasteiger partial charge < -0.3 is 4.74 Å². The number of fused-ring (bicyclic) bond motifs is 1. The van der Waals surface area contributed by atoms with Crippen LogP contribution in [0.5, 0.6) is 0 Å². The number of carbonyl (C=O) groups is 1. The number of hydrogen-bond acceptors (Lipinski definition) is 5. The number of ether oxygens (including phenoxy) is 1. The molecule has 0 fully saturated rings. The fourth-order valence-corrected chi connectivity index (χ4v) is 5.67. The summed E-state index contributed by atoms with van der Waals surface area (Å²) in [6.07, 6.45) is 1.25. The van der Waals surface area contributed by atoms with Crippen LogP contribution in [0.2, 0.25) is 4.34 Å².